The van der Waals surface area contributed by atoms with Crippen LogP contribution in [0.4, 0.5) is 13.2 Å². The predicted octanol–water partition coefficient (Wildman–Crippen LogP) is 4.34. The normalized spacial score (nSPS) is 10.9. The number of allylic oxidation sites excluding steroid dienone is 1. The van der Waals surface area contributed by atoms with Gasteiger partial charge in [-0.15, -0.1) is 0 Å². The van der Waals surface area contributed by atoms with Gasteiger partial charge in [0.05, 0.1) is 6.21 Å². The molecule has 0 amide bonds. The van der Waals surface area contributed by atoms with E-state index in [1.165, 1.54) is 24.7 Å². The highest BCUT2D eigenvalue weighted by Gasteiger charge is 2.10. The van der Waals surface area contributed by atoms with Gasteiger partial charge in [-0.05, 0) is 0 Å². The van der Waals surface area contributed by atoms with Crippen molar-refractivity contribution in [1.82, 2.24) is 4.98 Å². The molecule has 0 saturated carbocycles. The molecule has 100 valence electrons. The predicted molar refractivity (Wildman–Crippen MR) is 67.4 cm³/mol. The quantitative estimate of drug-likeness (QED) is 0.445. The minimum atomic E-state index is -2.28. The van der Waals surface area contributed by atoms with Gasteiger partial charge < -0.3 is 4.84 Å². The molecule has 0 atom stereocenters. The summed E-state index contributed by atoms with van der Waals surface area (Å²) in [4.78, 5) is 8.56. The van der Waals surface area contributed by atoms with E-state index in [0.29, 0.717) is 14.4 Å². The third-order valence-electron chi connectivity index (χ3n) is 1.62. The molecule has 1 rings (SSSR count). The average Bonchev–Trinajstić information content (AvgIpc) is 2.67. The average molecular weight is 317 g/mol. The Morgan fingerprint density at radius 3 is 2.89 bits per heavy atom. The summed E-state index contributed by atoms with van der Waals surface area (Å²) < 4.78 is 37.1. The van der Waals surface area contributed by atoms with Crippen LogP contribution in [0.15, 0.2) is 21.4 Å². The van der Waals surface area contributed by atoms with E-state index in [9.17, 15) is 13.2 Å². The summed E-state index contributed by atoms with van der Waals surface area (Å²) >= 11 is 8.18. The number of hydrogen-bond donors (Lipinski definition) is 0. The topological polar surface area (TPSA) is 34.5 Å². The Hall–Kier alpha value is -0.730. The first-order chi connectivity index (χ1) is 8.54. The fourth-order valence-corrected chi connectivity index (χ4v) is 3.16. The first-order valence-corrected chi connectivity index (χ1v) is 6.78. The molecule has 3 nitrogen and oxygen atoms in total. The molecule has 0 aromatic carbocycles. The first-order valence-electron chi connectivity index (χ1n) is 4.60. The number of rotatable bonds is 6. The Morgan fingerprint density at radius 1 is 1.56 bits per heavy atom. The Kier molecular flexibility index (Phi) is 6.51. The molecule has 0 radical (unpaired) electrons. The van der Waals surface area contributed by atoms with Crippen LogP contribution in [0.1, 0.15) is 12.1 Å². The molecule has 1 aromatic heterocycles. The summed E-state index contributed by atoms with van der Waals surface area (Å²) in [5, 5.41) is 3.51. The summed E-state index contributed by atoms with van der Waals surface area (Å²) in [5.74, 6) is -1.24. The van der Waals surface area contributed by atoms with Gasteiger partial charge in [0.25, 0.3) is 0 Å². The van der Waals surface area contributed by atoms with E-state index < -0.39 is 11.9 Å². The van der Waals surface area contributed by atoms with Gasteiger partial charge in [0.15, 0.2) is 10.2 Å². The maximum absolute atomic E-state index is 12.5. The Morgan fingerprint density at radius 2 is 2.28 bits per heavy atom. The van der Waals surface area contributed by atoms with Crippen LogP contribution in [-0.4, -0.2) is 24.1 Å². The van der Waals surface area contributed by atoms with E-state index in [0.717, 1.165) is 11.8 Å². The van der Waals surface area contributed by atoms with Crippen molar-refractivity contribution in [3.8, 4) is 0 Å². The number of oxime groups is 1. The zero-order valence-electron chi connectivity index (χ0n) is 9.12. The SMILES string of the molecule is CON=Cc1nc(SCCC(F)=C(F)F)sc1Cl. The van der Waals surface area contributed by atoms with Gasteiger partial charge in [0.2, 0.25) is 0 Å². The van der Waals surface area contributed by atoms with Gasteiger partial charge in [-0.3, -0.25) is 0 Å². The van der Waals surface area contributed by atoms with Crippen LogP contribution in [0.25, 0.3) is 0 Å². The highest BCUT2D eigenvalue weighted by molar-refractivity contribution is 8.01. The fourth-order valence-electron chi connectivity index (χ4n) is 0.860. The summed E-state index contributed by atoms with van der Waals surface area (Å²) in [5.41, 5.74) is 0.429. The lowest BCUT2D eigenvalue weighted by molar-refractivity contribution is 0.215. The lowest BCUT2D eigenvalue weighted by atomic mass is 10.4. The van der Waals surface area contributed by atoms with Gasteiger partial charge >= 0.3 is 6.08 Å². The minimum absolute atomic E-state index is 0.161. The summed E-state index contributed by atoms with van der Waals surface area (Å²) in [7, 11) is 1.38. The van der Waals surface area contributed by atoms with E-state index in [4.69, 9.17) is 11.6 Å². The molecule has 0 aliphatic carbocycles. The van der Waals surface area contributed by atoms with Crippen molar-refractivity contribution >= 4 is 40.9 Å². The molecule has 9 heteroatoms. The summed E-state index contributed by atoms with van der Waals surface area (Å²) in [6.07, 6.45) is -1.28. The molecule has 0 N–H and O–H groups in total. The molecule has 18 heavy (non-hydrogen) atoms. The Balaban J connectivity index is 2.54. The largest absolute Gasteiger partial charge is 0.399 e. The van der Waals surface area contributed by atoms with Gasteiger partial charge in [-0.25, -0.2) is 9.37 Å². The van der Waals surface area contributed by atoms with Gasteiger partial charge in [-0.1, -0.05) is 39.9 Å². The van der Waals surface area contributed by atoms with Crippen LogP contribution >= 0.6 is 34.7 Å². The standard InChI is InChI=1S/C9H8ClF3N2OS2/c1-16-14-4-6-7(10)18-9(15-6)17-3-2-5(11)8(12)13/h4H,2-3H2,1H3. The van der Waals surface area contributed by atoms with Crippen LogP contribution in [0.3, 0.4) is 0 Å². The molecule has 0 bridgehead atoms. The number of hydrogen-bond acceptors (Lipinski definition) is 5. The van der Waals surface area contributed by atoms with E-state index in [1.807, 2.05) is 0 Å². The van der Waals surface area contributed by atoms with E-state index in [1.54, 1.807) is 0 Å². The summed E-state index contributed by atoms with van der Waals surface area (Å²) in [6.45, 7) is 0. The molecule has 0 spiro atoms. The zero-order valence-corrected chi connectivity index (χ0v) is 11.5. The number of halogens is 4. The van der Waals surface area contributed by atoms with E-state index >= 15 is 0 Å². The summed E-state index contributed by atoms with van der Waals surface area (Å²) in [6, 6.07) is 0. The molecule has 0 saturated heterocycles. The van der Waals surface area contributed by atoms with E-state index in [-0.39, 0.29) is 12.2 Å². The van der Waals surface area contributed by atoms with Crippen LogP contribution in [0.2, 0.25) is 4.34 Å². The van der Waals surface area contributed by atoms with Crippen molar-refractivity contribution in [2.75, 3.05) is 12.9 Å². The molecule has 1 aromatic rings. The third-order valence-corrected chi connectivity index (χ3v) is 4.05. The monoisotopic (exact) mass is 316 g/mol. The van der Waals surface area contributed by atoms with Crippen molar-refractivity contribution in [3.05, 3.63) is 21.9 Å². The van der Waals surface area contributed by atoms with Gasteiger partial charge in [0.1, 0.15) is 17.1 Å². The molecule has 0 fully saturated rings. The maximum Gasteiger partial charge on any atom is 0.301 e. The van der Waals surface area contributed by atoms with Crippen molar-refractivity contribution in [1.29, 1.82) is 0 Å². The number of nitrogens with zero attached hydrogens (tertiary/aromatic N) is 2. The molecular formula is C9H8ClF3N2OS2. The van der Waals surface area contributed by atoms with Crippen LogP contribution in [0, 0.1) is 0 Å². The van der Waals surface area contributed by atoms with Crippen molar-refractivity contribution in [2.45, 2.75) is 10.8 Å². The number of thioether (sulfide) groups is 1. The Labute approximate surface area is 115 Å². The first kappa shape index (κ1) is 15.3. The fraction of sp³-hybridized carbons (Fsp3) is 0.333. The molecule has 1 heterocycles. The minimum Gasteiger partial charge on any atom is -0.399 e. The van der Waals surface area contributed by atoms with Gasteiger partial charge in [0, 0.05) is 12.2 Å². The van der Waals surface area contributed by atoms with Crippen molar-refractivity contribution in [2.24, 2.45) is 5.16 Å². The molecule has 0 unspecified atom stereocenters. The number of thiazole rings is 1. The second kappa shape index (κ2) is 7.65. The van der Waals surface area contributed by atoms with Crippen molar-refractivity contribution < 1.29 is 18.0 Å². The maximum atomic E-state index is 12.5. The highest BCUT2D eigenvalue weighted by Crippen LogP contribution is 2.31. The smallest absolute Gasteiger partial charge is 0.301 e. The molecular weight excluding hydrogens is 309 g/mol. The third kappa shape index (κ3) is 4.87. The second-order valence-electron chi connectivity index (χ2n) is 2.82. The van der Waals surface area contributed by atoms with Crippen molar-refractivity contribution in [3.63, 3.8) is 0 Å². The lowest BCUT2D eigenvalue weighted by Crippen LogP contribution is -1.85. The van der Waals surface area contributed by atoms with Crippen LogP contribution in [0.5, 0.6) is 0 Å². The molecule has 0 aliphatic heterocycles. The highest BCUT2D eigenvalue weighted by atomic mass is 35.5. The van der Waals surface area contributed by atoms with Gasteiger partial charge in [-0.2, -0.15) is 8.78 Å². The lowest BCUT2D eigenvalue weighted by Gasteiger charge is -1.94. The number of aromatic nitrogens is 1. The van der Waals surface area contributed by atoms with Crippen LogP contribution < -0.4 is 0 Å². The van der Waals surface area contributed by atoms with Crippen LogP contribution in [-0.2, 0) is 4.84 Å². The Bertz CT molecular complexity index is 461. The zero-order chi connectivity index (χ0) is 13.5. The molecule has 0 aliphatic rings. The second-order valence-corrected chi connectivity index (χ2v) is 5.76. The van der Waals surface area contributed by atoms with E-state index in [2.05, 4.69) is 15.0 Å².